The zero-order valence-electron chi connectivity index (χ0n) is 10.6. The number of quaternary nitrogens is 1. The average molecular weight is 319 g/mol. The highest BCUT2D eigenvalue weighted by atomic mass is 35.6. The first-order valence-electron chi connectivity index (χ1n) is 6.09. The van der Waals surface area contributed by atoms with Crippen LogP contribution in [0.3, 0.4) is 0 Å². The van der Waals surface area contributed by atoms with E-state index in [0.29, 0.717) is 19.6 Å². The van der Waals surface area contributed by atoms with E-state index in [9.17, 15) is 4.79 Å². The molecule has 0 radical (unpaired) electrons. The van der Waals surface area contributed by atoms with Crippen molar-refractivity contribution in [2.45, 2.75) is 30.2 Å². The second kappa shape index (κ2) is 7.15. The van der Waals surface area contributed by atoms with Gasteiger partial charge >= 0.3 is 0 Å². The van der Waals surface area contributed by atoms with Crippen LogP contribution in [0.1, 0.15) is 20.3 Å². The van der Waals surface area contributed by atoms with E-state index in [2.05, 4.69) is 5.32 Å². The molecule has 106 valence electrons. The van der Waals surface area contributed by atoms with Crippen molar-refractivity contribution in [1.82, 2.24) is 5.32 Å². The van der Waals surface area contributed by atoms with Crippen molar-refractivity contribution < 1.29 is 14.4 Å². The summed E-state index contributed by atoms with van der Waals surface area (Å²) in [7, 11) is 0. The standard InChI is InChI=1S/C11H19Cl3N2O2/c1-8(2)7-9(17)15-10(11(12,13)14)16-3-5-18-6-4-16/h8,10H,3-7H2,1-2H3,(H,15,17)/p+1/t10-/m0/s1. The number of nitrogens with one attached hydrogen (secondary N) is 2. The molecule has 2 N–H and O–H groups in total. The number of alkyl halides is 3. The number of amides is 1. The molecule has 0 aromatic heterocycles. The molecule has 1 heterocycles. The van der Waals surface area contributed by atoms with Crippen LogP contribution in [0, 0.1) is 5.92 Å². The Labute approximate surface area is 123 Å². The average Bonchev–Trinajstić information content (AvgIpc) is 2.24. The van der Waals surface area contributed by atoms with Gasteiger partial charge in [0.05, 0.1) is 13.2 Å². The number of carbonyl (C=O) groups is 1. The van der Waals surface area contributed by atoms with Gasteiger partial charge in [-0.25, -0.2) is 0 Å². The molecule has 1 fully saturated rings. The van der Waals surface area contributed by atoms with Gasteiger partial charge < -0.3 is 15.0 Å². The fraction of sp³-hybridized carbons (Fsp3) is 0.909. The van der Waals surface area contributed by atoms with Crippen molar-refractivity contribution >= 4 is 40.7 Å². The van der Waals surface area contributed by atoms with Crippen LogP contribution >= 0.6 is 34.8 Å². The van der Waals surface area contributed by atoms with Gasteiger partial charge in [-0.05, 0) is 5.92 Å². The van der Waals surface area contributed by atoms with Crippen molar-refractivity contribution in [2.24, 2.45) is 5.92 Å². The monoisotopic (exact) mass is 317 g/mol. The van der Waals surface area contributed by atoms with Gasteiger partial charge in [0.2, 0.25) is 12.1 Å². The highest BCUT2D eigenvalue weighted by Crippen LogP contribution is 2.28. The van der Waals surface area contributed by atoms with Gasteiger partial charge in [0, 0.05) is 6.42 Å². The maximum atomic E-state index is 11.8. The van der Waals surface area contributed by atoms with E-state index < -0.39 is 9.96 Å². The van der Waals surface area contributed by atoms with Gasteiger partial charge in [0.15, 0.2) is 0 Å². The Balaban J connectivity index is 2.63. The minimum atomic E-state index is -1.51. The maximum Gasteiger partial charge on any atom is 0.262 e. The lowest BCUT2D eigenvalue weighted by molar-refractivity contribution is -0.934. The number of hydrogen-bond donors (Lipinski definition) is 2. The van der Waals surface area contributed by atoms with E-state index in [-0.39, 0.29) is 11.8 Å². The molecule has 0 unspecified atom stereocenters. The molecule has 0 spiro atoms. The van der Waals surface area contributed by atoms with Gasteiger partial charge in [-0.1, -0.05) is 48.7 Å². The van der Waals surface area contributed by atoms with Crippen LogP contribution in [0.25, 0.3) is 0 Å². The smallest absolute Gasteiger partial charge is 0.262 e. The van der Waals surface area contributed by atoms with Crippen LogP contribution in [-0.2, 0) is 9.53 Å². The number of carbonyl (C=O) groups excluding carboxylic acids is 1. The topological polar surface area (TPSA) is 42.8 Å². The summed E-state index contributed by atoms with van der Waals surface area (Å²) >= 11 is 17.9. The van der Waals surface area contributed by atoms with E-state index in [4.69, 9.17) is 39.5 Å². The third kappa shape index (κ3) is 5.49. The van der Waals surface area contributed by atoms with E-state index in [1.165, 1.54) is 0 Å². The van der Waals surface area contributed by atoms with Crippen LogP contribution in [-0.4, -0.2) is 42.2 Å². The summed E-state index contributed by atoms with van der Waals surface area (Å²) < 4.78 is 3.75. The van der Waals surface area contributed by atoms with Gasteiger partial charge in [-0.2, -0.15) is 0 Å². The minimum Gasteiger partial charge on any atom is -0.370 e. The van der Waals surface area contributed by atoms with Crippen molar-refractivity contribution in [2.75, 3.05) is 26.3 Å². The number of morpholine rings is 1. The number of halogens is 3. The molecule has 0 aliphatic carbocycles. The molecule has 1 aliphatic heterocycles. The van der Waals surface area contributed by atoms with Crippen molar-refractivity contribution in [3.8, 4) is 0 Å². The maximum absolute atomic E-state index is 11.8. The van der Waals surface area contributed by atoms with Gasteiger partial charge in [-0.3, -0.25) is 4.79 Å². The Morgan fingerprint density at radius 3 is 2.33 bits per heavy atom. The third-order valence-electron chi connectivity index (χ3n) is 2.77. The zero-order valence-corrected chi connectivity index (χ0v) is 12.9. The van der Waals surface area contributed by atoms with Crippen molar-refractivity contribution in [1.29, 1.82) is 0 Å². The van der Waals surface area contributed by atoms with Gasteiger partial charge in [-0.15, -0.1) is 0 Å². The summed E-state index contributed by atoms with van der Waals surface area (Å²) in [5, 5.41) is 2.83. The molecule has 1 aliphatic rings. The van der Waals surface area contributed by atoms with Crippen LogP contribution < -0.4 is 10.2 Å². The summed E-state index contributed by atoms with van der Waals surface area (Å²) in [4.78, 5) is 12.9. The number of ether oxygens (including phenoxy) is 1. The fourth-order valence-corrected chi connectivity index (χ4v) is 2.55. The Morgan fingerprint density at radius 1 is 1.33 bits per heavy atom. The van der Waals surface area contributed by atoms with Crippen LogP contribution in [0.2, 0.25) is 0 Å². The van der Waals surface area contributed by atoms with Gasteiger partial charge in [0.1, 0.15) is 13.1 Å². The highest BCUT2D eigenvalue weighted by molar-refractivity contribution is 6.68. The highest BCUT2D eigenvalue weighted by Gasteiger charge is 2.42. The molecule has 0 aromatic rings. The first-order chi connectivity index (χ1) is 8.30. The van der Waals surface area contributed by atoms with Gasteiger partial charge in [0.25, 0.3) is 3.79 Å². The summed E-state index contributed by atoms with van der Waals surface area (Å²) in [6.45, 7) is 6.64. The Kier molecular flexibility index (Phi) is 6.48. The molecule has 1 atom stereocenters. The largest absolute Gasteiger partial charge is 0.370 e. The second-order valence-corrected chi connectivity index (χ2v) is 7.28. The molecule has 4 nitrogen and oxygen atoms in total. The summed E-state index contributed by atoms with van der Waals surface area (Å²) in [6.07, 6.45) is -0.0984. The molecule has 7 heteroatoms. The Morgan fingerprint density at radius 2 is 1.89 bits per heavy atom. The SMILES string of the molecule is CC(C)CC(=O)N[C@@H]([NH+]1CCOCC1)C(Cl)(Cl)Cl. The predicted octanol–water partition coefficient (Wildman–Crippen LogP) is 0.760. The lowest BCUT2D eigenvalue weighted by atomic mass is 10.1. The summed E-state index contributed by atoms with van der Waals surface area (Å²) in [6, 6.07) is 0. The van der Waals surface area contributed by atoms with Crippen molar-refractivity contribution in [3.05, 3.63) is 0 Å². The number of rotatable bonds is 4. The first kappa shape index (κ1) is 16.3. The van der Waals surface area contributed by atoms with Crippen LogP contribution in [0.4, 0.5) is 0 Å². The van der Waals surface area contributed by atoms with E-state index >= 15 is 0 Å². The number of hydrogen-bond acceptors (Lipinski definition) is 2. The summed E-state index contributed by atoms with van der Waals surface area (Å²) in [5.41, 5.74) is 0. The quantitative estimate of drug-likeness (QED) is 0.752. The minimum absolute atomic E-state index is 0.0830. The molecular weight excluding hydrogens is 298 g/mol. The zero-order chi connectivity index (χ0) is 13.8. The Bertz CT molecular complexity index is 276. The lowest BCUT2D eigenvalue weighted by Crippen LogP contribution is -3.21. The van der Waals surface area contributed by atoms with Crippen molar-refractivity contribution in [3.63, 3.8) is 0 Å². The van der Waals surface area contributed by atoms with Crippen LogP contribution in [0.5, 0.6) is 0 Å². The fourth-order valence-electron chi connectivity index (χ4n) is 1.93. The summed E-state index contributed by atoms with van der Waals surface area (Å²) in [5.74, 6) is 0.195. The van der Waals surface area contributed by atoms with E-state index in [0.717, 1.165) is 18.0 Å². The van der Waals surface area contributed by atoms with E-state index in [1.807, 2.05) is 13.8 Å². The second-order valence-electron chi connectivity index (χ2n) is 4.91. The van der Waals surface area contributed by atoms with E-state index in [1.54, 1.807) is 0 Å². The molecule has 18 heavy (non-hydrogen) atoms. The molecular formula is C11H20Cl3N2O2+. The molecule has 1 amide bonds. The third-order valence-corrected chi connectivity index (χ3v) is 3.42. The van der Waals surface area contributed by atoms with Crippen LogP contribution in [0.15, 0.2) is 0 Å². The molecule has 1 saturated heterocycles. The molecule has 0 saturated carbocycles. The Hall–Kier alpha value is 0.260. The molecule has 0 aromatic carbocycles. The molecule has 0 bridgehead atoms. The first-order valence-corrected chi connectivity index (χ1v) is 7.22. The molecule has 1 rings (SSSR count). The normalized spacial score (nSPS) is 19.9. The predicted molar refractivity (Wildman–Crippen MR) is 73.2 cm³/mol. The lowest BCUT2D eigenvalue weighted by Gasteiger charge is -2.35.